The summed E-state index contributed by atoms with van der Waals surface area (Å²) in [4.78, 5) is 17.4. The zero-order chi connectivity index (χ0) is 13.5. The SMILES string of the molecule is CCN(C(C)=O)c1nc(CNCCC(C)O)cs1. The van der Waals surface area contributed by atoms with Crippen molar-refractivity contribution < 1.29 is 9.90 Å². The van der Waals surface area contributed by atoms with Crippen LogP contribution >= 0.6 is 11.3 Å². The van der Waals surface area contributed by atoms with Crippen LogP contribution in [0.5, 0.6) is 0 Å². The second kappa shape index (κ2) is 7.45. The Bertz CT molecular complexity index is 379. The van der Waals surface area contributed by atoms with Gasteiger partial charge in [-0.25, -0.2) is 4.98 Å². The van der Waals surface area contributed by atoms with Gasteiger partial charge in [0.15, 0.2) is 5.13 Å². The van der Waals surface area contributed by atoms with Gasteiger partial charge in [0.2, 0.25) is 5.91 Å². The highest BCUT2D eigenvalue weighted by Gasteiger charge is 2.12. The summed E-state index contributed by atoms with van der Waals surface area (Å²) in [5.74, 6) is 0.0143. The van der Waals surface area contributed by atoms with Crippen LogP contribution in [0.4, 0.5) is 5.13 Å². The second-order valence-corrected chi connectivity index (χ2v) is 5.04. The molecule has 0 fully saturated rings. The fourth-order valence-electron chi connectivity index (χ4n) is 1.52. The van der Waals surface area contributed by atoms with Crippen LogP contribution in [0.2, 0.25) is 0 Å². The summed E-state index contributed by atoms with van der Waals surface area (Å²) in [6.45, 7) is 7.31. The number of carbonyl (C=O) groups excluding carboxylic acids is 1. The van der Waals surface area contributed by atoms with Crippen molar-refractivity contribution in [2.24, 2.45) is 0 Å². The third kappa shape index (κ3) is 4.72. The predicted molar refractivity (Wildman–Crippen MR) is 73.8 cm³/mol. The first-order valence-corrected chi connectivity index (χ1v) is 7.03. The number of aromatic nitrogens is 1. The zero-order valence-electron chi connectivity index (χ0n) is 11.1. The van der Waals surface area contributed by atoms with Crippen molar-refractivity contribution >= 4 is 22.4 Å². The number of nitrogens with zero attached hydrogens (tertiary/aromatic N) is 2. The van der Waals surface area contributed by atoms with E-state index < -0.39 is 0 Å². The Morgan fingerprint density at radius 3 is 2.94 bits per heavy atom. The summed E-state index contributed by atoms with van der Waals surface area (Å²) in [5.41, 5.74) is 0.931. The summed E-state index contributed by atoms with van der Waals surface area (Å²) in [5, 5.41) is 15.0. The van der Waals surface area contributed by atoms with E-state index in [1.54, 1.807) is 18.7 Å². The van der Waals surface area contributed by atoms with Crippen LogP contribution in [0, 0.1) is 0 Å². The molecule has 0 aliphatic carbocycles. The molecule has 5 nitrogen and oxygen atoms in total. The number of aliphatic hydroxyl groups excluding tert-OH is 1. The molecule has 1 unspecified atom stereocenters. The first kappa shape index (κ1) is 15.1. The van der Waals surface area contributed by atoms with E-state index in [0.717, 1.165) is 23.8 Å². The van der Waals surface area contributed by atoms with Crippen LogP contribution in [0.15, 0.2) is 5.38 Å². The molecule has 1 rings (SSSR count). The lowest BCUT2D eigenvalue weighted by Gasteiger charge is -2.14. The van der Waals surface area contributed by atoms with Gasteiger partial charge in [0.25, 0.3) is 0 Å². The lowest BCUT2D eigenvalue weighted by Crippen LogP contribution is -2.27. The largest absolute Gasteiger partial charge is 0.393 e. The van der Waals surface area contributed by atoms with Gasteiger partial charge in [-0.05, 0) is 26.8 Å². The van der Waals surface area contributed by atoms with Crippen molar-refractivity contribution in [1.29, 1.82) is 0 Å². The van der Waals surface area contributed by atoms with Gasteiger partial charge in [-0.1, -0.05) is 0 Å². The highest BCUT2D eigenvalue weighted by Crippen LogP contribution is 2.20. The molecule has 102 valence electrons. The summed E-state index contributed by atoms with van der Waals surface area (Å²) in [7, 11) is 0. The van der Waals surface area contributed by atoms with Crippen molar-refractivity contribution in [1.82, 2.24) is 10.3 Å². The van der Waals surface area contributed by atoms with E-state index >= 15 is 0 Å². The van der Waals surface area contributed by atoms with Crippen LogP contribution in [0.3, 0.4) is 0 Å². The molecule has 6 heteroatoms. The van der Waals surface area contributed by atoms with E-state index in [9.17, 15) is 4.79 Å². The molecule has 1 aromatic heterocycles. The highest BCUT2D eigenvalue weighted by atomic mass is 32.1. The van der Waals surface area contributed by atoms with Crippen LogP contribution in [0.1, 0.15) is 32.9 Å². The number of hydrogen-bond acceptors (Lipinski definition) is 5. The number of hydrogen-bond donors (Lipinski definition) is 2. The van der Waals surface area contributed by atoms with Crippen molar-refractivity contribution in [3.63, 3.8) is 0 Å². The third-order valence-corrected chi connectivity index (χ3v) is 3.42. The van der Waals surface area contributed by atoms with Crippen molar-refractivity contribution in [2.45, 2.75) is 39.8 Å². The van der Waals surface area contributed by atoms with Gasteiger partial charge in [0.05, 0.1) is 11.8 Å². The molecule has 0 aliphatic rings. The third-order valence-electron chi connectivity index (χ3n) is 2.51. The molecule has 2 N–H and O–H groups in total. The fourth-order valence-corrected chi connectivity index (χ4v) is 2.45. The first-order valence-electron chi connectivity index (χ1n) is 6.15. The highest BCUT2D eigenvalue weighted by molar-refractivity contribution is 7.14. The van der Waals surface area contributed by atoms with Crippen LogP contribution in [0.25, 0.3) is 0 Å². The molecule has 0 aliphatic heterocycles. The summed E-state index contributed by atoms with van der Waals surface area (Å²) in [6.07, 6.45) is 0.447. The standard InChI is InChI=1S/C12H21N3O2S/c1-4-15(10(3)17)12-14-11(8-18-12)7-13-6-5-9(2)16/h8-9,13,16H,4-7H2,1-3H3. The molecule has 0 bridgehead atoms. The number of aliphatic hydroxyl groups is 1. The van der Waals surface area contributed by atoms with E-state index in [1.165, 1.54) is 11.3 Å². The Labute approximate surface area is 112 Å². The molecule has 0 saturated carbocycles. The number of rotatable bonds is 7. The maximum absolute atomic E-state index is 11.4. The zero-order valence-corrected chi connectivity index (χ0v) is 12.0. The minimum atomic E-state index is -0.281. The van der Waals surface area contributed by atoms with Gasteiger partial charge in [-0.2, -0.15) is 0 Å². The van der Waals surface area contributed by atoms with Gasteiger partial charge in [0, 0.05) is 25.4 Å². The van der Waals surface area contributed by atoms with E-state index in [4.69, 9.17) is 5.11 Å². The van der Waals surface area contributed by atoms with E-state index in [2.05, 4.69) is 10.3 Å². The average Bonchev–Trinajstić information content (AvgIpc) is 2.73. The topological polar surface area (TPSA) is 65.5 Å². The minimum absolute atomic E-state index is 0.0143. The van der Waals surface area contributed by atoms with E-state index in [1.807, 2.05) is 12.3 Å². The molecule has 1 atom stereocenters. The quantitative estimate of drug-likeness (QED) is 0.735. The molecule has 0 spiro atoms. The molecule has 1 aromatic rings. The van der Waals surface area contributed by atoms with Gasteiger partial charge in [-0.15, -0.1) is 11.3 Å². The monoisotopic (exact) mass is 271 g/mol. The molecule has 0 saturated heterocycles. The summed E-state index contributed by atoms with van der Waals surface area (Å²) >= 11 is 1.48. The Hall–Kier alpha value is -0.980. The smallest absolute Gasteiger partial charge is 0.225 e. The number of anilines is 1. The van der Waals surface area contributed by atoms with Crippen LogP contribution in [-0.4, -0.2) is 35.2 Å². The fraction of sp³-hybridized carbons (Fsp3) is 0.667. The van der Waals surface area contributed by atoms with Crippen molar-refractivity contribution in [3.05, 3.63) is 11.1 Å². The first-order chi connectivity index (χ1) is 8.54. The number of nitrogens with one attached hydrogen (secondary N) is 1. The van der Waals surface area contributed by atoms with Crippen molar-refractivity contribution in [2.75, 3.05) is 18.0 Å². The summed E-state index contributed by atoms with van der Waals surface area (Å²) in [6, 6.07) is 0. The number of carbonyl (C=O) groups is 1. The molecular weight excluding hydrogens is 250 g/mol. The van der Waals surface area contributed by atoms with Gasteiger partial charge in [0.1, 0.15) is 0 Å². The van der Waals surface area contributed by atoms with E-state index in [-0.39, 0.29) is 12.0 Å². The normalized spacial score (nSPS) is 12.4. The predicted octanol–water partition coefficient (Wildman–Crippen LogP) is 1.38. The molecule has 18 heavy (non-hydrogen) atoms. The Morgan fingerprint density at radius 2 is 2.39 bits per heavy atom. The minimum Gasteiger partial charge on any atom is -0.393 e. The summed E-state index contributed by atoms with van der Waals surface area (Å²) < 4.78 is 0. The van der Waals surface area contributed by atoms with Crippen LogP contribution < -0.4 is 10.2 Å². The molecule has 1 amide bonds. The Kier molecular flexibility index (Phi) is 6.24. The van der Waals surface area contributed by atoms with Crippen LogP contribution in [-0.2, 0) is 11.3 Å². The molecule has 0 radical (unpaired) electrons. The second-order valence-electron chi connectivity index (χ2n) is 4.20. The lowest BCUT2D eigenvalue weighted by atomic mass is 10.3. The van der Waals surface area contributed by atoms with Gasteiger partial charge in [-0.3, -0.25) is 9.69 Å². The van der Waals surface area contributed by atoms with E-state index in [0.29, 0.717) is 13.1 Å². The molecule has 1 heterocycles. The molecule has 0 aromatic carbocycles. The number of thiazole rings is 1. The maximum atomic E-state index is 11.4. The molecular formula is C12H21N3O2S. The maximum Gasteiger partial charge on any atom is 0.225 e. The van der Waals surface area contributed by atoms with Gasteiger partial charge >= 0.3 is 0 Å². The number of amides is 1. The van der Waals surface area contributed by atoms with Gasteiger partial charge < -0.3 is 10.4 Å². The Balaban J connectivity index is 2.45. The Morgan fingerprint density at radius 1 is 1.67 bits per heavy atom. The van der Waals surface area contributed by atoms with Crippen molar-refractivity contribution in [3.8, 4) is 0 Å². The average molecular weight is 271 g/mol. The lowest BCUT2D eigenvalue weighted by molar-refractivity contribution is -0.116.